The van der Waals surface area contributed by atoms with E-state index >= 15 is 0 Å². The topological polar surface area (TPSA) is 133 Å². The van der Waals surface area contributed by atoms with Crippen molar-refractivity contribution in [2.45, 2.75) is 63.9 Å². The van der Waals surface area contributed by atoms with E-state index < -0.39 is 23.3 Å². The van der Waals surface area contributed by atoms with E-state index in [1.54, 1.807) is 13.8 Å². The van der Waals surface area contributed by atoms with Gasteiger partial charge in [-0.25, -0.2) is 9.97 Å². The summed E-state index contributed by atoms with van der Waals surface area (Å²) in [6, 6.07) is 7.89. The van der Waals surface area contributed by atoms with Crippen molar-refractivity contribution < 1.29 is 20.1 Å². The summed E-state index contributed by atoms with van der Waals surface area (Å²) in [4.78, 5) is 14.1. The number of aryl methyl sites for hydroxylation is 1. The molecule has 0 spiro atoms. The maximum atomic E-state index is 11.5. The van der Waals surface area contributed by atoms with Crippen molar-refractivity contribution in [3.63, 3.8) is 0 Å². The molecule has 0 bridgehead atoms. The molecule has 2 aromatic heterocycles. The van der Waals surface area contributed by atoms with Crippen LogP contribution in [0.4, 0.5) is 11.8 Å². The number of fused-ring (bicyclic) bond motifs is 1. The minimum absolute atomic E-state index is 0.267. The van der Waals surface area contributed by atoms with Gasteiger partial charge in [0.1, 0.15) is 16.9 Å². The van der Waals surface area contributed by atoms with Crippen LogP contribution in [0.1, 0.15) is 45.2 Å². The van der Waals surface area contributed by atoms with E-state index in [0.717, 1.165) is 21.8 Å². The first-order valence-electron chi connectivity index (χ1n) is 12.6. The minimum atomic E-state index is -1.65. The molecule has 2 fully saturated rings. The van der Waals surface area contributed by atoms with Gasteiger partial charge in [-0.05, 0) is 64.5 Å². The number of hydrogen-bond acceptors (Lipinski definition) is 10. The zero-order chi connectivity index (χ0) is 25.5. The minimum Gasteiger partial charge on any atom is -0.390 e. The van der Waals surface area contributed by atoms with Crippen LogP contribution in [0.15, 0.2) is 24.3 Å². The van der Waals surface area contributed by atoms with Crippen molar-refractivity contribution in [2.75, 3.05) is 30.4 Å². The maximum absolute atomic E-state index is 11.5. The highest BCUT2D eigenvalue weighted by Gasteiger charge is 2.52. The third-order valence-electron chi connectivity index (χ3n) is 7.13. The summed E-state index contributed by atoms with van der Waals surface area (Å²) in [7, 11) is 0. The normalized spacial score (nSPS) is 24.4. The number of aliphatic hydroxyl groups is 3. The summed E-state index contributed by atoms with van der Waals surface area (Å²) < 4.78 is 6.75. The van der Waals surface area contributed by atoms with Crippen LogP contribution in [0.5, 0.6) is 0 Å². The summed E-state index contributed by atoms with van der Waals surface area (Å²) in [5, 5.41) is 40.0. The number of nitrogens with zero attached hydrogens (tertiary/aromatic N) is 3. The molecule has 9 nitrogen and oxygen atoms in total. The molecular weight excluding hydrogens is 478 g/mol. The molecule has 2 aliphatic carbocycles. The molecule has 5 rings (SSSR count). The Morgan fingerprint density at radius 3 is 2.64 bits per heavy atom. The lowest BCUT2D eigenvalue weighted by molar-refractivity contribution is -0.0926. The van der Waals surface area contributed by atoms with Crippen molar-refractivity contribution in [3.8, 4) is 10.6 Å². The van der Waals surface area contributed by atoms with Gasteiger partial charge in [0.2, 0.25) is 5.95 Å². The van der Waals surface area contributed by atoms with Crippen molar-refractivity contribution >= 4 is 33.3 Å². The first kappa shape index (κ1) is 25.3. The van der Waals surface area contributed by atoms with Crippen LogP contribution in [-0.2, 0) is 4.74 Å². The monoisotopic (exact) mass is 513 g/mol. The second kappa shape index (κ2) is 9.83. The Hall–Kier alpha value is -2.37. The Morgan fingerprint density at radius 2 is 1.94 bits per heavy atom. The number of aromatic nitrogens is 3. The molecule has 3 unspecified atom stereocenters. The zero-order valence-electron chi connectivity index (χ0n) is 21.0. The Kier molecular flexibility index (Phi) is 6.90. The Morgan fingerprint density at radius 1 is 1.17 bits per heavy atom. The number of anilines is 2. The third kappa shape index (κ3) is 5.33. The third-order valence-corrected chi connectivity index (χ3v) is 8.18. The molecule has 36 heavy (non-hydrogen) atoms. The average molecular weight is 514 g/mol. The number of aliphatic hydroxyl groups excluding tert-OH is 1. The predicted molar refractivity (Wildman–Crippen MR) is 141 cm³/mol. The van der Waals surface area contributed by atoms with E-state index in [2.05, 4.69) is 15.6 Å². The van der Waals surface area contributed by atoms with E-state index in [0.29, 0.717) is 48.5 Å². The molecule has 0 saturated heterocycles. The quantitative estimate of drug-likeness (QED) is 0.204. The fraction of sp³-hybridized carbons (Fsp3) is 0.577. The van der Waals surface area contributed by atoms with Gasteiger partial charge in [0.25, 0.3) is 0 Å². The lowest BCUT2D eigenvalue weighted by Gasteiger charge is -2.34. The highest BCUT2D eigenvalue weighted by molar-refractivity contribution is 7.21. The van der Waals surface area contributed by atoms with Crippen molar-refractivity contribution in [1.82, 2.24) is 15.0 Å². The summed E-state index contributed by atoms with van der Waals surface area (Å²) in [5.41, 5.74) is -0.528. The molecule has 1 aromatic carbocycles. The number of benzene rings is 1. The standard InChI is InChI=1S/C26H35N5O4S/c1-15-20(23-29-18-6-4-5-7-19(18)36-23)22(30-24(28-15)27-12-13-35-14-16-8-9-16)31-26(34)11-10-17(21(26)32)25(2,3)33/h4-7,16-17,21,32-34H,8-14H2,1-3H3,(H2,27,28,30,31). The average Bonchev–Trinajstić information content (AvgIpc) is 3.45. The molecule has 0 amide bonds. The van der Waals surface area contributed by atoms with Crippen LogP contribution >= 0.6 is 11.3 Å². The highest BCUT2D eigenvalue weighted by atomic mass is 32.1. The second-order valence-corrected chi connectivity index (χ2v) is 11.6. The van der Waals surface area contributed by atoms with Gasteiger partial charge in [-0.2, -0.15) is 4.98 Å². The van der Waals surface area contributed by atoms with Gasteiger partial charge in [-0.3, -0.25) is 0 Å². The molecule has 0 radical (unpaired) electrons. The van der Waals surface area contributed by atoms with Crippen LogP contribution < -0.4 is 10.6 Å². The van der Waals surface area contributed by atoms with Crippen molar-refractivity contribution in [1.29, 1.82) is 0 Å². The van der Waals surface area contributed by atoms with E-state index in [1.807, 2.05) is 31.2 Å². The van der Waals surface area contributed by atoms with Gasteiger partial charge >= 0.3 is 0 Å². The molecule has 0 aliphatic heterocycles. The number of rotatable bonds is 10. The number of thiazole rings is 1. The Balaban J connectivity index is 1.44. The predicted octanol–water partition coefficient (Wildman–Crippen LogP) is 3.54. The molecule has 2 heterocycles. The largest absolute Gasteiger partial charge is 0.390 e. The van der Waals surface area contributed by atoms with E-state index in [9.17, 15) is 15.3 Å². The van der Waals surface area contributed by atoms with Gasteiger partial charge in [0.15, 0.2) is 5.72 Å². The molecule has 3 atom stereocenters. The number of hydrogen-bond donors (Lipinski definition) is 5. The maximum Gasteiger partial charge on any atom is 0.224 e. The van der Waals surface area contributed by atoms with Crippen LogP contribution in [0, 0.1) is 18.8 Å². The second-order valence-electron chi connectivity index (χ2n) is 10.6. The molecule has 3 aromatic rings. The molecule has 2 aliphatic rings. The van der Waals surface area contributed by atoms with E-state index in [-0.39, 0.29) is 6.42 Å². The first-order valence-corrected chi connectivity index (χ1v) is 13.4. The van der Waals surface area contributed by atoms with Crippen LogP contribution in [0.2, 0.25) is 0 Å². The summed E-state index contributed by atoms with van der Waals surface area (Å²) in [6.07, 6.45) is 2.06. The zero-order valence-corrected chi connectivity index (χ0v) is 21.8. The molecule has 2 saturated carbocycles. The van der Waals surface area contributed by atoms with Crippen LogP contribution in [0.25, 0.3) is 20.8 Å². The highest BCUT2D eigenvalue weighted by Crippen LogP contribution is 2.43. The summed E-state index contributed by atoms with van der Waals surface area (Å²) in [6.45, 7) is 7.09. The van der Waals surface area contributed by atoms with Gasteiger partial charge in [0, 0.05) is 19.1 Å². The first-order chi connectivity index (χ1) is 17.1. The van der Waals surface area contributed by atoms with Crippen molar-refractivity contribution in [2.24, 2.45) is 11.8 Å². The SMILES string of the molecule is Cc1nc(NCCOCC2CC2)nc(NC2(O)CCC(C(C)(C)O)C2O)c1-c1nc2ccccc2s1. The molecule has 5 N–H and O–H groups in total. The van der Waals surface area contributed by atoms with Gasteiger partial charge in [-0.15, -0.1) is 11.3 Å². The summed E-state index contributed by atoms with van der Waals surface area (Å²) in [5.74, 6) is 1.02. The number of ether oxygens (including phenoxy) is 1. The van der Waals surface area contributed by atoms with E-state index in [4.69, 9.17) is 14.7 Å². The Labute approximate surface area is 215 Å². The van der Waals surface area contributed by atoms with Gasteiger partial charge in [0.05, 0.1) is 33.7 Å². The lowest BCUT2D eigenvalue weighted by Crippen LogP contribution is -2.51. The molecule has 194 valence electrons. The van der Waals surface area contributed by atoms with Crippen LogP contribution in [-0.4, -0.2) is 67.5 Å². The number of para-hydroxylation sites is 1. The smallest absolute Gasteiger partial charge is 0.224 e. The summed E-state index contributed by atoms with van der Waals surface area (Å²) >= 11 is 1.52. The fourth-order valence-electron chi connectivity index (χ4n) is 4.84. The van der Waals surface area contributed by atoms with Crippen LogP contribution in [0.3, 0.4) is 0 Å². The molecular formula is C26H35N5O4S. The van der Waals surface area contributed by atoms with Gasteiger partial charge < -0.3 is 30.7 Å². The molecule has 10 heteroatoms. The Bertz CT molecular complexity index is 1190. The number of nitrogens with one attached hydrogen (secondary N) is 2. The lowest BCUT2D eigenvalue weighted by atomic mass is 9.87. The van der Waals surface area contributed by atoms with Crippen molar-refractivity contribution in [3.05, 3.63) is 30.0 Å². The van der Waals surface area contributed by atoms with E-state index in [1.165, 1.54) is 24.2 Å². The fourth-order valence-corrected chi connectivity index (χ4v) is 5.91. The van der Waals surface area contributed by atoms with Gasteiger partial charge in [-0.1, -0.05) is 12.1 Å².